The zero-order chi connectivity index (χ0) is 19.7. The molecule has 2 aromatic carbocycles. The summed E-state index contributed by atoms with van der Waals surface area (Å²) in [4.78, 5) is 24.2. The van der Waals surface area contributed by atoms with Crippen LogP contribution in [0, 0.1) is 15.9 Å². The Morgan fingerprint density at radius 2 is 2.00 bits per heavy atom. The van der Waals surface area contributed by atoms with Crippen LogP contribution >= 0.6 is 15.9 Å². The van der Waals surface area contributed by atoms with Gasteiger partial charge in [-0.25, -0.2) is 4.39 Å². The molecular weight excluding hydrogens is 433 g/mol. The van der Waals surface area contributed by atoms with Crippen molar-refractivity contribution in [3.63, 3.8) is 0 Å². The number of nitro benzene ring substituents is 1. The number of amides is 1. The van der Waals surface area contributed by atoms with Crippen LogP contribution < -0.4 is 9.64 Å². The minimum absolute atomic E-state index is 0.0554. The topological polar surface area (TPSA) is 72.7 Å². The van der Waals surface area contributed by atoms with Gasteiger partial charge in [0.1, 0.15) is 17.3 Å². The molecule has 0 N–H and O–H groups in total. The van der Waals surface area contributed by atoms with Crippen LogP contribution in [0.15, 0.2) is 40.9 Å². The summed E-state index contributed by atoms with van der Waals surface area (Å²) in [6.07, 6.45) is 0.300. The van der Waals surface area contributed by atoms with Gasteiger partial charge in [0.05, 0.1) is 21.5 Å². The first-order valence-electron chi connectivity index (χ1n) is 7.79. The second-order valence-corrected chi connectivity index (χ2v) is 6.60. The molecule has 10 heteroatoms. The molecule has 1 heterocycles. The van der Waals surface area contributed by atoms with Gasteiger partial charge in [-0.15, -0.1) is 0 Å². The molecule has 6 nitrogen and oxygen atoms in total. The zero-order valence-electron chi connectivity index (χ0n) is 13.6. The second kappa shape index (κ2) is 7.55. The highest BCUT2D eigenvalue weighted by Gasteiger charge is 2.39. The van der Waals surface area contributed by atoms with Crippen molar-refractivity contribution in [1.82, 2.24) is 0 Å². The van der Waals surface area contributed by atoms with Crippen LogP contribution in [-0.2, 0) is 4.79 Å². The SMILES string of the molecule is O=C1CCC(c2ccccc2OC(F)F)N1c1cc(Br)c(F)cc1[N+](=O)[O-]. The fraction of sp³-hybridized carbons (Fsp3) is 0.235. The Labute approximate surface area is 159 Å². The molecule has 1 amide bonds. The van der Waals surface area contributed by atoms with E-state index in [0.717, 1.165) is 11.0 Å². The number of nitrogens with zero attached hydrogens (tertiary/aromatic N) is 2. The summed E-state index contributed by atoms with van der Waals surface area (Å²) in [7, 11) is 0. The lowest BCUT2D eigenvalue weighted by atomic mass is 10.0. The van der Waals surface area contributed by atoms with Crippen LogP contribution in [-0.4, -0.2) is 17.4 Å². The molecule has 0 spiro atoms. The van der Waals surface area contributed by atoms with Gasteiger partial charge in [-0.05, 0) is 34.5 Å². The van der Waals surface area contributed by atoms with E-state index in [1.807, 2.05) is 0 Å². The second-order valence-electron chi connectivity index (χ2n) is 5.75. The Bertz CT molecular complexity index is 910. The number of hydrogen-bond acceptors (Lipinski definition) is 4. The molecule has 0 bridgehead atoms. The van der Waals surface area contributed by atoms with Crippen LogP contribution in [0.1, 0.15) is 24.4 Å². The van der Waals surface area contributed by atoms with E-state index in [0.29, 0.717) is 11.6 Å². The van der Waals surface area contributed by atoms with E-state index in [1.54, 1.807) is 6.07 Å². The Balaban J connectivity index is 2.12. The van der Waals surface area contributed by atoms with Gasteiger partial charge in [-0.1, -0.05) is 18.2 Å². The van der Waals surface area contributed by atoms with Gasteiger partial charge in [0.25, 0.3) is 5.69 Å². The van der Waals surface area contributed by atoms with Gasteiger partial charge in [0.15, 0.2) is 0 Å². The number of halogens is 4. The number of alkyl halides is 2. The first-order chi connectivity index (χ1) is 12.8. The molecule has 1 fully saturated rings. The molecule has 0 saturated carbocycles. The number of anilines is 1. The van der Waals surface area contributed by atoms with Gasteiger partial charge in [-0.3, -0.25) is 19.8 Å². The highest BCUT2D eigenvalue weighted by Crippen LogP contribution is 2.45. The number of carbonyl (C=O) groups excluding carboxylic acids is 1. The molecular formula is C17H12BrF3N2O4. The summed E-state index contributed by atoms with van der Waals surface area (Å²) in [5.74, 6) is -1.41. The number of para-hydroxylation sites is 1. The average Bonchev–Trinajstić information content (AvgIpc) is 2.98. The number of rotatable bonds is 5. The first-order valence-corrected chi connectivity index (χ1v) is 8.58. The summed E-state index contributed by atoms with van der Waals surface area (Å²) in [6, 6.07) is 7.02. The third kappa shape index (κ3) is 3.75. The standard InChI is InChI=1S/C17H12BrF3N2O4/c18-10-7-13(14(23(25)26)8-11(10)19)22-12(5-6-16(22)24)9-3-1-2-4-15(9)27-17(20)21/h1-4,7-8,12,17H,5-6H2. The van der Waals surface area contributed by atoms with E-state index in [4.69, 9.17) is 0 Å². The molecule has 0 aromatic heterocycles. The van der Waals surface area contributed by atoms with E-state index in [1.165, 1.54) is 18.2 Å². The van der Waals surface area contributed by atoms with E-state index in [9.17, 15) is 28.1 Å². The third-order valence-corrected chi connectivity index (χ3v) is 4.79. The maximum Gasteiger partial charge on any atom is 0.387 e. The Morgan fingerprint density at radius 3 is 2.67 bits per heavy atom. The maximum atomic E-state index is 13.8. The van der Waals surface area contributed by atoms with Crippen molar-refractivity contribution in [1.29, 1.82) is 0 Å². The fourth-order valence-corrected chi connectivity index (χ4v) is 3.44. The normalized spacial score (nSPS) is 16.9. The van der Waals surface area contributed by atoms with Crippen LogP contribution in [0.5, 0.6) is 5.75 Å². The Morgan fingerprint density at radius 1 is 1.30 bits per heavy atom. The van der Waals surface area contributed by atoms with Gasteiger partial charge in [0.2, 0.25) is 5.91 Å². The van der Waals surface area contributed by atoms with Gasteiger partial charge in [-0.2, -0.15) is 8.78 Å². The minimum atomic E-state index is -3.06. The van der Waals surface area contributed by atoms with Crippen molar-refractivity contribution in [2.75, 3.05) is 4.90 Å². The van der Waals surface area contributed by atoms with Crippen LogP contribution in [0.3, 0.4) is 0 Å². The smallest absolute Gasteiger partial charge is 0.387 e. The zero-order valence-corrected chi connectivity index (χ0v) is 15.2. The molecule has 0 aliphatic carbocycles. The third-order valence-electron chi connectivity index (χ3n) is 4.18. The van der Waals surface area contributed by atoms with Crippen LogP contribution in [0.4, 0.5) is 24.5 Å². The molecule has 142 valence electrons. The molecule has 1 aliphatic heterocycles. The molecule has 1 unspecified atom stereocenters. The van der Waals surface area contributed by atoms with Crippen molar-refractivity contribution < 1.29 is 27.6 Å². The number of ether oxygens (including phenoxy) is 1. The van der Waals surface area contributed by atoms with Gasteiger partial charge in [0, 0.05) is 12.0 Å². The van der Waals surface area contributed by atoms with Crippen molar-refractivity contribution in [2.24, 2.45) is 0 Å². The van der Waals surface area contributed by atoms with Crippen molar-refractivity contribution in [3.8, 4) is 5.75 Å². The van der Waals surface area contributed by atoms with E-state index < -0.39 is 35.0 Å². The minimum Gasteiger partial charge on any atom is -0.434 e. The molecule has 27 heavy (non-hydrogen) atoms. The van der Waals surface area contributed by atoms with E-state index in [-0.39, 0.29) is 28.8 Å². The monoisotopic (exact) mass is 444 g/mol. The largest absolute Gasteiger partial charge is 0.434 e. The lowest BCUT2D eigenvalue weighted by molar-refractivity contribution is -0.384. The number of nitro groups is 1. The molecule has 1 aliphatic rings. The molecule has 2 aromatic rings. The van der Waals surface area contributed by atoms with Gasteiger partial charge >= 0.3 is 6.61 Å². The van der Waals surface area contributed by atoms with Crippen molar-refractivity contribution in [2.45, 2.75) is 25.5 Å². The Hall–Kier alpha value is -2.62. The summed E-state index contributed by atoms with van der Waals surface area (Å²) < 4.78 is 43.7. The summed E-state index contributed by atoms with van der Waals surface area (Å²) in [5, 5.41) is 11.4. The van der Waals surface area contributed by atoms with Crippen molar-refractivity contribution in [3.05, 3.63) is 62.4 Å². The lowest BCUT2D eigenvalue weighted by Gasteiger charge is -2.26. The average molecular weight is 445 g/mol. The summed E-state index contributed by atoms with van der Waals surface area (Å²) in [5.41, 5.74) is -0.422. The van der Waals surface area contributed by atoms with E-state index in [2.05, 4.69) is 20.7 Å². The first kappa shape index (κ1) is 19.2. The van der Waals surface area contributed by atoms with Crippen LogP contribution in [0.25, 0.3) is 0 Å². The summed E-state index contributed by atoms with van der Waals surface area (Å²) in [6.45, 7) is -3.06. The van der Waals surface area contributed by atoms with Crippen molar-refractivity contribution >= 4 is 33.2 Å². The Kier molecular flexibility index (Phi) is 5.36. The lowest BCUT2D eigenvalue weighted by Crippen LogP contribution is -2.28. The molecule has 1 atom stereocenters. The number of benzene rings is 2. The van der Waals surface area contributed by atoms with Gasteiger partial charge < -0.3 is 4.74 Å². The quantitative estimate of drug-likeness (QED) is 0.482. The summed E-state index contributed by atoms with van der Waals surface area (Å²) >= 11 is 2.96. The molecule has 0 radical (unpaired) electrons. The number of carbonyl (C=O) groups is 1. The predicted octanol–water partition coefficient (Wildman–Crippen LogP) is 4.97. The molecule has 3 rings (SSSR count). The molecule has 1 saturated heterocycles. The highest BCUT2D eigenvalue weighted by molar-refractivity contribution is 9.10. The predicted molar refractivity (Wildman–Crippen MR) is 93.3 cm³/mol. The van der Waals surface area contributed by atoms with E-state index >= 15 is 0 Å². The highest BCUT2D eigenvalue weighted by atomic mass is 79.9. The van der Waals surface area contributed by atoms with Crippen LogP contribution in [0.2, 0.25) is 0 Å². The maximum absolute atomic E-state index is 13.8. The number of hydrogen-bond donors (Lipinski definition) is 0. The fourth-order valence-electron chi connectivity index (χ4n) is 3.10.